The number of hydrogen-bond acceptors (Lipinski definition) is 2. The van der Waals surface area contributed by atoms with E-state index in [4.69, 9.17) is 5.73 Å². The first-order chi connectivity index (χ1) is 7.50. The maximum absolute atomic E-state index is 13.2. The van der Waals surface area contributed by atoms with Gasteiger partial charge in [-0.05, 0) is 13.0 Å². The molecule has 88 valence electrons. The summed E-state index contributed by atoms with van der Waals surface area (Å²) in [4.78, 5) is 10.6. The monoisotopic (exact) mass is 228 g/mol. The molecule has 1 amide bonds. The fourth-order valence-electron chi connectivity index (χ4n) is 1.34. The SMILES string of the molecule is CC(CC(N)=O)NCc1cccc(F)c1F. The largest absolute Gasteiger partial charge is 0.370 e. The fraction of sp³-hybridized carbons (Fsp3) is 0.364. The van der Waals surface area contributed by atoms with Crippen LogP contribution in [0.5, 0.6) is 0 Å². The Morgan fingerprint density at radius 2 is 2.19 bits per heavy atom. The normalized spacial score (nSPS) is 12.4. The van der Waals surface area contributed by atoms with Crippen LogP contribution in [0.25, 0.3) is 0 Å². The molecule has 0 saturated heterocycles. The Morgan fingerprint density at radius 3 is 2.81 bits per heavy atom. The number of carbonyl (C=O) groups excluding carboxylic acids is 1. The van der Waals surface area contributed by atoms with Gasteiger partial charge in [-0.25, -0.2) is 8.78 Å². The molecule has 1 aromatic rings. The molecule has 1 atom stereocenters. The summed E-state index contributed by atoms with van der Waals surface area (Å²) in [5, 5.41) is 2.89. The Kier molecular flexibility index (Phi) is 4.37. The van der Waals surface area contributed by atoms with Crippen molar-refractivity contribution in [3.05, 3.63) is 35.4 Å². The van der Waals surface area contributed by atoms with Gasteiger partial charge in [-0.1, -0.05) is 12.1 Å². The third-order valence-electron chi connectivity index (χ3n) is 2.18. The number of benzene rings is 1. The molecule has 0 fully saturated rings. The first-order valence-electron chi connectivity index (χ1n) is 4.95. The Labute approximate surface area is 92.6 Å². The standard InChI is InChI=1S/C11H14F2N2O/c1-7(5-10(14)16)15-6-8-3-2-4-9(12)11(8)13/h2-4,7,15H,5-6H2,1H3,(H2,14,16). The highest BCUT2D eigenvalue weighted by Gasteiger charge is 2.09. The lowest BCUT2D eigenvalue weighted by atomic mass is 10.1. The van der Waals surface area contributed by atoms with E-state index in [9.17, 15) is 13.6 Å². The van der Waals surface area contributed by atoms with Crippen LogP contribution in [0.1, 0.15) is 18.9 Å². The molecule has 1 rings (SSSR count). The van der Waals surface area contributed by atoms with Gasteiger partial charge in [0.15, 0.2) is 11.6 Å². The van der Waals surface area contributed by atoms with Crippen molar-refractivity contribution in [3.63, 3.8) is 0 Å². The summed E-state index contributed by atoms with van der Waals surface area (Å²) in [7, 11) is 0. The lowest BCUT2D eigenvalue weighted by Crippen LogP contribution is -2.30. The van der Waals surface area contributed by atoms with Crippen LogP contribution in [-0.4, -0.2) is 11.9 Å². The van der Waals surface area contributed by atoms with Gasteiger partial charge in [0.05, 0.1) is 0 Å². The van der Waals surface area contributed by atoms with Crippen molar-refractivity contribution in [2.45, 2.75) is 25.9 Å². The second-order valence-electron chi connectivity index (χ2n) is 3.67. The van der Waals surface area contributed by atoms with Crippen LogP contribution in [0, 0.1) is 11.6 Å². The lowest BCUT2D eigenvalue weighted by Gasteiger charge is -2.12. The van der Waals surface area contributed by atoms with E-state index in [0.717, 1.165) is 6.07 Å². The van der Waals surface area contributed by atoms with Crippen molar-refractivity contribution in [2.75, 3.05) is 0 Å². The van der Waals surface area contributed by atoms with E-state index >= 15 is 0 Å². The van der Waals surface area contributed by atoms with Crippen LogP contribution in [0.3, 0.4) is 0 Å². The molecule has 16 heavy (non-hydrogen) atoms. The zero-order chi connectivity index (χ0) is 12.1. The fourth-order valence-corrected chi connectivity index (χ4v) is 1.34. The number of carbonyl (C=O) groups is 1. The zero-order valence-electron chi connectivity index (χ0n) is 8.97. The molecule has 1 aromatic carbocycles. The highest BCUT2D eigenvalue weighted by molar-refractivity contribution is 5.74. The highest BCUT2D eigenvalue weighted by Crippen LogP contribution is 2.11. The van der Waals surface area contributed by atoms with Gasteiger partial charge in [-0.2, -0.15) is 0 Å². The third kappa shape index (κ3) is 3.58. The summed E-state index contributed by atoms with van der Waals surface area (Å²) in [5.74, 6) is -2.16. The number of nitrogens with one attached hydrogen (secondary N) is 1. The number of primary amides is 1. The number of hydrogen-bond donors (Lipinski definition) is 2. The zero-order valence-corrected chi connectivity index (χ0v) is 8.97. The van der Waals surface area contributed by atoms with Gasteiger partial charge in [0.25, 0.3) is 0 Å². The van der Waals surface area contributed by atoms with Crippen molar-refractivity contribution < 1.29 is 13.6 Å². The highest BCUT2D eigenvalue weighted by atomic mass is 19.2. The number of nitrogens with two attached hydrogens (primary N) is 1. The maximum Gasteiger partial charge on any atom is 0.218 e. The predicted molar refractivity (Wildman–Crippen MR) is 56.5 cm³/mol. The Bertz CT molecular complexity index is 382. The maximum atomic E-state index is 13.2. The summed E-state index contributed by atoms with van der Waals surface area (Å²) in [5.41, 5.74) is 5.24. The molecule has 3 nitrogen and oxygen atoms in total. The molecule has 0 bridgehead atoms. The minimum absolute atomic E-state index is 0.164. The second kappa shape index (κ2) is 5.55. The number of rotatable bonds is 5. The first kappa shape index (κ1) is 12.6. The summed E-state index contributed by atoms with van der Waals surface area (Å²) in [6.45, 7) is 1.92. The molecule has 0 radical (unpaired) electrons. The summed E-state index contributed by atoms with van der Waals surface area (Å²) in [6, 6.07) is 3.82. The van der Waals surface area contributed by atoms with Crippen LogP contribution < -0.4 is 11.1 Å². The smallest absolute Gasteiger partial charge is 0.218 e. The number of amides is 1. The molecule has 5 heteroatoms. The summed E-state index contributed by atoms with van der Waals surface area (Å²) in [6.07, 6.45) is 0.164. The molecule has 3 N–H and O–H groups in total. The minimum atomic E-state index is -0.873. The Morgan fingerprint density at radius 1 is 1.50 bits per heavy atom. The van der Waals surface area contributed by atoms with Crippen LogP contribution in [-0.2, 0) is 11.3 Å². The average Bonchev–Trinajstić information content (AvgIpc) is 2.19. The van der Waals surface area contributed by atoms with E-state index < -0.39 is 17.5 Å². The molecule has 0 saturated carbocycles. The molecule has 1 unspecified atom stereocenters. The molecule has 0 spiro atoms. The van der Waals surface area contributed by atoms with E-state index in [-0.39, 0.29) is 24.6 Å². The van der Waals surface area contributed by atoms with Gasteiger partial charge in [-0.3, -0.25) is 4.79 Å². The van der Waals surface area contributed by atoms with Gasteiger partial charge < -0.3 is 11.1 Å². The molecule has 0 aromatic heterocycles. The van der Waals surface area contributed by atoms with Crippen molar-refractivity contribution in [3.8, 4) is 0 Å². The van der Waals surface area contributed by atoms with Crippen molar-refractivity contribution >= 4 is 5.91 Å². The van der Waals surface area contributed by atoms with E-state index in [0.29, 0.717) is 0 Å². The molecule has 0 heterocycles. The summed E-state index contributed by atoms with van der Waals surface area (Å²) >= 11 is 0. The average molecular weight is 228 g/mol. The topological polar surface area (TPSA) is 55.1 Å². The van der Waals surface area contributed by atoms with E-state index in [1.54, 1.807) is 6.92 Å². The van der Waals surface area contributed by atoms with Gasteiger partial charge in [0.1, 0.15) is 0 Å². The predicted octanol–water partition coefficient (Wildman–Crippen LogP) is 1.32. The van der Waals surface area contributed by atoms with Gasteiger partial charge in [-0.15, -0.1) is 0 Å². The van der Waals surface area contributed by atoms with E-state index in [2.05, 4.69) is 5.32 Å². The van der Waals surface area contributed by atoms with Crippen molar-refractivity contribution in [1.29, 1.82) is 0 Å². The molecular formula is C11H14F2N2O. The van der Waals surface area contributed by atoms with Crippen LogP contribution >= 0.6 is 0 Å². The van der Waals surface area contributed by atoms with E-state index in [1.807, 2.05) is 0 Å². The van der Waals surface area contributed by atoms with Gasteiger partial charge in [0, 0.05) is 24.6 Å². The molecule has 0 aliphatic heterocycles. The third-order valence-corrected chi connectivity index (χ3v) is 2.18. The molecule has 0 aliphatic carbocycles. The van der Waals surface area contributed by atoms with Gasteiger partial charge >= 0.3 is 0 Å². The van der Waals surface area contributed by atoms with E-state index in [1.165, 1.54) is 12.1 Å². The molecule has 0 aliphatic rings. The van der Waals surface area contributed by atoms with Crippen LogP contribution in [0.15, 0.2) is 18.2 Å². The first-order valence-corrected chi connectivity index (χ1v) is 4.95. The summed E-state index contributed by atoms with van der Waals surface area (Å²) < 4.78 is 26.0. The quantitative estimate of drug-likeness (QED) is 0.798. The lowest BCUT2D eigenvalue weighted by molar-refractivity contribution is -0.118. The van der Waals surface area contributed by atoms with Crippen molar-refractivity contribution in [1.82, 2.24) is 5.32 Å². The minimum Gasteiger partial charge on any atom is -0.370 e. The Balaban J connectivity index is 2.54. The number of halogens is 2. The van der Waals surface area contributed by atoms with Crippen LogP contribution in [0.2, 0.25) is 0 Å². The second-order valence-corrected chi connectivity index (χ2v) is 3.67. The van der Waals surface area contributed by atoms with Crippen molar-refractivity contribution in [2.24, 2.45) is 5.73 Å². The molecular weight excluding hydrogens is 214 g/mol. The Hall–Kier alpha value is -1.49. The van der Waals surface area contributed by atoms with Crippen LogP contribution in [0.4, 0.5) is 8.78 Å². The van der Waals surface area contributed by atoms with Gasteiger partial charge in [0.2, 0.25) is 5.91 Å².